The van der Waals surface area contributed by atoms with Crippen LogP contribution in [0.3, 0.4) is 0 Å². The standard InChI is InChI=1S/C8H18N2.C2H6.H2/c1-4-10-5-7(2)9-8(3)6-10;1-2;/h7-9H,4-6H2,1-3H3;1-2H3;1H. The van der Waals surface area contributed by atoms with Crippen molar-refractivity contribution in [1.29, 1.82) is 0 Å². The van der Waals surface area contributed by atoms with Crippen molar-refractivity contribution in [2.75, 3.05) is 19.6 Å². The Morgan fingerprint density at radius 2 is 1.67 bits per heavy atom. The molecule has 0 aromatic heterocycles. The summed E-state index contributed by atoms with van der Waals surface area (Å²) in [5.41, 5.74) is 0. The van der Waals surface area contributed by atoms with Gasteiger partial charge in [0.05, 0.1) is 0 Å². The second-order valence-corrected chi connectivity index (χ2v) is 3.32. The second kappa shape index (κ2) is 6.44. The van der Waals surface area contributed by atoms with E-state index in [1.807, 2.05) is 13.8 Å². The average Bonchev–Trinajstić information content (AvgIpc) is 2.06. The fourth-order valence-corrected chi connectivity index (χ4v) is 1.70. The fraction of sp³-hybridized carbons (Fsp3) is 1.00. The number of hydrogen-bond donors (Lipinski definition) is 1. The van der Waals surface area contributed by atoms with Crippen LogP contribution < -0.4 is 5.32 Å². The first-order chi connectivity index (χ1) is 5.72. The van der Waals surface area contributed by atoms with Crippen molar-refractivity contribution in [3.8, 4) is 0 Å². The number of likely N-dealkylation sites (N-methyl/N-ethyl adjacent to an activating group) is 1. The van der Waals surface area contributed by atoms with Crippen LogP contribution in [-0.2, 0) is 0 Å². The van der Waals surface area contributed by atoms with Crippen LogP contribution in [-0.4, -0.2) is 36.6 Å². The normalized spacial score (nSPS) is 30.8. The minimum absolute atomic E-state index is 0. The summed E-state index contributed by atoms with van der Waals surface area (Å²) in [7, 11) is 0. The molecule has 0 radical (unpaired) electrons. The van der Waals surface area contributed by atoms with Gasteiger partial charge in [-0.1, -0.05) is 20.8 Å². The molecule has 0 saturated carbocycles. The number of nitrogens with zero attached hydrogens (tertiary/aromatic N) is 1. The van der Waals surface area contributed by atoms with Crippen molar-refractivity contribution in [3.05, 3.63) is 0 Å². The maximum absolute atomic E-state index is 3.50. The number of rotatable bonds is 1. The van der Waals surface area contributed by atoms with Crippen LogP contribution in [0, 0.1) is 0 Å². The van der Waals surface area contributed by atoms with Crippen LogP contribution in [0.25, 0.3) is 0 Å². The molecular formula is C10H26N2. The summed E-state index contributed by atoms with van der Waals surface area (Å²) in [6, 6.07) is 1.34. The van der Waals surface area contributed by atoms with E-state index in [9.17, 15) is 0 Å². The van der Waals surface area contributed by atoms with E-state index in [0.29, 0.717) is 12.1 Å². The van der Waals surface area contributed by atoms with E-state index in [1.165, 1.54) is 19.6 Å². The zero-order chi connectivity index (χ0) is 9.56. The second-order valence-electron chi connectivity index (χ2n) is 3.32. The summed E-state index contributed by atoms with van der Waals surface area (Å²) in [4.78, 5) is 2.49. The third-order valence-electron chi connectivity index (χ3n) is 2.08. The maximum Gasteiger partial charge on any atom is 0.0169 e. The quantitative estimate of drug-likeness (QED) is 0.654. The van der Waals surface area contributed by atoms with Gasteiger partial charge in [-0.25, -0.2) is 0 Å². The van der Waals surface area contributed by atoms with Crippen LogP contribution in [0.4, 0.5) is 0 Å². The van der Waals surface area contributed by atoms with E-state index in [4.69, 9.17) is 0 Å². The predicted molar refractivity (Wildman–Crippen MR) is 57.6 cm³/mol. The van der Waals surface area contributed by atoms with E-state index >= 15 is 0 Å². The molecule has 76 valence electrons. The van der Waals surface area contributed by atoms with Crippen molar-refractivity contribution in [1.82, 2.24) is 10.2 Å². The molecule has 1 heterocycles. The molecule has 1 saturated heterocycles. The first kappa shape index (κ1) is 11.9. The lowest BCUT2D eigenvalue weighted by Crippen LogP contribution is -2.53. The zero-order valence-corrected chi connectivity index (χ0v) is 9.22. The molecule has 2 unspecified atom stereocenters. The Labute approximate surface area is 78.8 Å². The van der Waals surface area contributed by atoms with Gasteiger partial charge < -0.3 is 10.2 Å². The molecule has 2 atom stereocenters. The molecule has 0 aromatic rings. The highest BCUT2D eigenvalue weighted by Gasteiger charge is 2.18. The SMILES string of the molecule is CC.CCN1CC(C)NC(C)C1.[HH]. The minimum Gasteiger partial charge on any atom is -0.309 e. The summed E-state index contributed by atoms with van der Waals surface area (Å²) < 4.78 is 0. The largest absolute Gasteiger partial charge is 0.309 e. The molecule has 0 spiro atoms. The Kier molecular flexibility index (Phi) is 6.39. The third-order valence-corrected chi connectivity index (χ3v) is 2.08. The van der Waals surface area contributed by atoms with Gasteiger partial charge in [0.15, 0.2) is 0 Å². The molecule has 0 bridgehead atoms. The molecule has 12 heavy (non-hydrogen) atoms. The van der Waals surface area contributed by atoms with Gasteiger partial charge in [-0.05, 0) is 20.4 Å². The van der Waals surface area contributed by atoms with Crippen molar-refractivity contribution in [2.45, 2.75) is 46.7 Å². The smallest absolute Gasteiger partial charge is 0.0169 e. The van der Waals surface area contributed by atoms with Gasteiger partial charge in [0.25, 0.3) is 0 Å². The Balaban J connectivity index is 0. The Morgan fingerprint density at radius 3 is 2.00 bits per heavy atom. The molecule has 0 amide bonds. The van der Waals surface area contributed by atoms with Gasteiger partial charge in [0.2, 0.25) is 0 Å². The van der Waals surface area contributed by atoms with E-state index in [0.717, 1.165) is 0 Å². The molecule has 1 aliphatic rings. The Morgan fingerprint density at radius 1 is 1.25 bits per heavy atom. The van der Waals surface area contributed by atoms with Crippen LogP contribution >= 0.6 is 0 Å². The van der Waals surface area contributed by atoms with Crippen LogP contribution in [0.15, 0.2) is 0 Å². The molecule has 2 nitrogen and oxygen atoms in total. The van der Waals surface area contributed by atoms with Gasteiger partial charge >= 0.3 is 0 Å². The van der Waals surface area contributed by atoms with Gasteiger partial charge in [0, 0.05) is 26.6 Å². The Hall–Kier alpha value is -0.0800. The highest BCUT2D eigenvalue weighted by molar-refractivity contribution is 4.79. The number of nitrogens with one attached hydrogen (secondary N) is 1. The molecule has 1 rings (SSSR count). The lowest BCUT2D eigenvalue weighted by Gasteiger charge is -2.35. The number of hydrogen-bond acceptors (Lipinski definition) is 2. The lowest BCUT2D eigenvalue weighted by molar-refractivity contribution is 0.181. The molecule has 0 aliphatic carbocycles. The Bertz CT molecular complexity index is 99.1. The summed E-state index contributed by atoms with van der Waals surface area (Å²) in [6.45, 7) is 14.3. The summed E-state index contributed by atoms with van der Waals surface area (Å²) in [5, 5.41) is 3.50. The molecule has 1 N–H and O–H groups in total. The molecule has 0 aromatic carbocycles. The molecular weight excluding hydrogens is 148 g/mol. The zero-order valence-electron chi connectivity index (χ0n) is 9.22. The highest BCUT2D eigenvalue weighted by Crippen LogP contribution is 2.02. The van der Waals surface area contributed by atoms with E-state index in [1.54, 1.807) is 0 Å². The van der Waals surface area contributed by atoms with Gasteiger partial charge in [-0.3, -0.25) is 0 Å². The lowest BCUT2D eigenvalue weighted by atomic mass is 10.1. The number of piperazine rings is 1. The molecule has 1 aliphatic heterocycles. The highest BCUT2D eigenvalue weighted by atomic mass is 15.2. The molecule has 1 fully saturated rings. The van der Waals surface area contributed by atoms with Crippen LogP contribution in [0.1, 0.15) is 36.0 Å². The average molecular weight is 174 g/mol. The summed E-state index contributed by atoms with van der Waals surface area (Å²) >= 11 is 0. The fourth-order valence-electron chi connectivity index (χ4n) is 1.70. The van der Waals surface area contributed by atoms with Crippen LogP contribution in [0.2, 0.25) is 0 Å². The van der Waals surface area contributed by atoms with E-state index in [2.05, 4.69) is 31.0 Å². The van der Waals surface area contributed by atoms with Crippen molar-refractivity contribution in [3.63, 3.8) is 0 Å². The van der Waals surface area contributed by atoms with Gasteiger partial charge in [-0.2, -0.15) is 0 Å². The maximum atomic E-state index is 3.50. The third kappa shape index (κ3) is 4.07. The van der Waals surface area contributed by atoms with Gasteiger partial charge in [0.1, 0.15) is 0 Å². The van der Waals surface area contributed by atoms with E-state index < -0.39 is 0 Å². The van der Waals surface area contributed by atoms with Crippen LogP contribution in [0.5, 0.6) is 0 Å². The minimum atomic E-state index is 0. The summed E-state index contributed by atoms with van der Waals surface area (Å²) in [5.74, 6) is 0. The van der Waals surface area contributed by atoms with Crippen molar-refractivity contribution >= 4 is 0 Å². The first-order valence-corrected chi connectivity index (χ1v) is 5.20. The first-order valence-electron chi connectivity index (χ1n) is 5.20. The summed E-state index contributed by atoms with van der Waals surface area (Å²) in [6.07, 6.45) is 0. The van der Waals surface area contributed by atoms with Crippen molar-refractivity contribution in [2.24, 2.45) is 0 Å². The monoisotopic (exact) mass is 174 g/mol. The van der Waals surface area contributed by atoms with E-state index in [-0.39, 0.29) is 1.43 Å². The topological polar surface area (TPSA) is 15.3 Å². The van der Waals surface area contributed by atoms with Crippen molar-refractivity contribution < 1.29 is 1.43 Å². The predicted octanol–water partition coefficient (Wildman–Crippen LogP) is 1.96. The molecule has 2 heteroatoms. The van der Waals surface area contributed by atoms with Gasteiger partial charge in [-0.15, -0.1) is 0 Å².